The zero-order valence-electron chi connectivity index (χ0n) is 13.0. The first kappa shape index (κ1) is 16.0. The van der Waals surface area contributed by atoms with Gasteiger partial charge in [0.2, 0.25) is 5.88 Å². The monoisotopic (exact) mass is 299 g/mol. The van der Waals surface area contributed by atoms with Gasteiger partial charge in [-0.3, -0.25) is 0 Å². The largest absolute Gasteiger partial charge is 0.413 e. The highest BCUT2D eigenvalue weighted by Crippen LogP contribution is 2.19. The molecule has 0 atom stereocenters. The minimum absolute atomic E-state index is 0.296. The molecule has 1 aromatic heterocycles. The van der Waals surface area contributed by atoms with Crippen molar-refractivity contribution in [2.75, 3.05) is 27.2 Å². The Morgan fingerprint density at radius 3 is 2.55 bits per heavy atom. The van der Waals surface area contributed by atoms with Crippen LogP contribution in [0.5, 0.6) is 5.88 Å². The van der Waals surface area contributed by atoms with Gasteiger partial charge in [-0.25, -0.2) is 9.78 Å². The summed E-state index contributed by atoms with van der Waals surface area (Å²) < 4.78 is 5.14. The number of carbonyl (C=O) groups excluding carboxylic acids is 1. The lowest BCUT2D eigenvalue weighted by molar-refractivity contribution is 0.198. The van der Waals surface area contributed by atoms with Crippen LogP contribution in [-0.4, -0.2) is 43.2 Å². The van der Waals surface area contributed by atoms with Crippen LogP contribution in [0.15, 0.2) is 48.7 Å². The van der Waals surface area contributed by atoms with Crippen LogP contribution in [0.4, 0.5) is 4.79 Å². The summed E-state index contributed by atoms with van der Waals surface area (Å²) in [6.45, 7) is 1.50. The van der Waals surface area contributed by atoms with Crippen molar-refractivity contribution in [2.24, 2.45) is 0 Å². The summed E-state index contributed by atoms with van der Waals surface area (Å²) in [5, 5.41) is 2.70. The van der Waals surface area contributed by atoms with Crippen molar-refractivity contribution in [2.45, 2.75) is 6.42 Å². The molecule has 0 spiro atoms. The lowest BCUT2D eigenvalue weighted by Crippen LogP contribution is -2.29. The highest BCUT2D eigenvalue weighted by Gasteiger charge is 2.05. The van der Waals surface area contributed by atoms with Gasteiger partial charge in [0.15, 0.2) is 0 Å². The molecule has 5 heteroatoms. The molecule has 0 saturated heterocycles. The summed E-state index contributed by atoms with van der Waals surface area (Å²) in [4.78, 5) is 17.9. The molecule has 0 aliphatic carbocycles. The summed E-state index contributed by atoms with van der Waals surface area (Å²) >= 11 is 0. The maximum absolute atomic E-state index is 11.6. The van der Waals surface area contributed by atoms with E-state index in [1.165, 1.54) is 0 Å². The number of hydrogen-bond acceptors (Lipinski definition) is 4. The fraction of sp³-hybridized carbons (Fsp3) is 0.294. The van der Waals surface area contributed by atoms with Gasteiger partial charge in [-0.2, -0.15) is 0 Å². The molecule has 1 N–H and O–H groups in total. The third-order valence-corrected chi connectivity index (χ3v) is 3.09. The van der Waals surface area contributed by atoms with Crippen LogP contribution in [0, 0.1) is 0 Å². The number of nitrogens with zero attached hydrogens (tertiary/aromatic N) is 2. The smallest absolute Gasteiger partial charge is 0.391 e. The highest BCUT2D eigenvalue weighted by atomic mass is 16.6. The first-order chi connectivity index (χ1) is 10.6. The molecule has 5 nitrogen and oxygen atoms in total. The van der Waals surface area contributed by atoms with Crippen LogP contribution in [0.3, 0.4) is 0 Å². The molecule has 22 heavy (non-hydrogen) atoms. The summed E-state index contributed by atoms with van der Waals surface area (Å²) in [7, 11) is 3.99. The van der Waals surface area contributed by atoms with E-state index in [0.29, 0.717) is 12.4 Å². The Kier molecular flexibility index (Phi) is 5.91. The predicted molar refractivity (Wildman–Crippen MR) is 86.9 cm³/mol. The van der Waals surface area contributed by atoms with Crippen molar-refractivity contribution in [3.8, 4) is 17.0 Å². The molecule has 0 saturated carbocycles. The van der Waals surface area contributed by atoms with Crippen molar-refractivity contribution >= 4 is 6.09 Å². The fourth-order valence-corrected chi connectivity index (χ4v) is 1.96. The Labute approximate surface area is 130 Å². The first-order valence-corrected chi connectivity index (χ1v) is 7.27. The van der Waals surface area contributed by atoms with Crippen LogP contribution >= 0.6 is 0 Å². The molecule has 1 amide bonds. The van der Waals surface area contributed by atoms with E-state index in [4.69, 9.17) is 4.74 Å². The molecule has 116 valence electrons. The molecule has 0 aliphatic heterocycles. The van der Waals surface area contributed by atoms with Crippen molar-refractivity contribution in [1.82, 2.24) is 15.2 Å². The van der Waals surface area contributed by atoms with E-state index in [1.807, 2.05) is 50.5 Å². The van der Waals surface area contributed by atoms with Crippen molar-refractivity contribution in [3.05, 3.63) is 48.7 Å². The molecule has 0 unspecified atom stereocenters. The van der Waals surface area contributed by atoms with Gasteiger partial charge in [-0.15, -0.1) is 0 Å². The van der Waals surface area contributed by atoms with E-state index >= 15 is 0 Å². The average molecular weight is 299 g/mol. The minimum Gasteiger partial charge on any atom is -0.391 e. The summed E-state index contributed by atoms with van der Waals surface area (Å²) in [6, 6.07) is 13.5. The molecular weight excluding hydrogens is 278 g/mol. The van der Waals surface area contributed by atoms with E-state index in [9.17, 15) is 4.79 Å². The van der Waals surface area contributed by atoms with E-state index in [0.717, 1.165) is 24.1 Å². The second-order valence-electron chi connectivity index (χ2n) is 5.22. The second kappa shape index (κ2) is 8.14. The quantitative estimate of drug-likeness (QED) is 0.833. The van der Waals surface area contributed by atoms with Gasteiger partial charge in [0.05, 0.1) is 0 Å². The van der Waals surface area contributed by atoms with Crippen LogP contribution in [-0.2, 0) is 0 Å². The minimum atomic E-state index is -0.473. The van der Waals surface area contributed by atoms with Gasteiger partial charge in [-0.1, -0.05) is 30.3 Å². The fourth-order valence-electron chi connectivity index (χ4n) is 1.96. The number of hydrogen-bond donors (Lipinski definition) is 1. The van der Waals surface area contributed by atoms with Crippen LogP contribution in [0.25, 0.3) is 11.1 Å². The van der Waals surface area contributed by atoms with E-state index in [1.54, 1.807) is 12.3 Å². The van der Waals surface area contributed by atoms with Gasteiger partial charge in [-0.05, 0) is 38.7 Å². The SMILES string of the molecule is CN(C)CCCNC(=O)Oc1ccc(-c2ccccc2)cn1. The number of carbonyl (C=O) groups is 1. The molecular formula is C17H21N3O2. The average Bonchev–Trinajstić information content (AvgIpc) is 2.53. The summed E-state index contributed by atoms with van der Waals surface area (Å²) in [5.74, 6) is 0.296. The topological polar surface area (TPSA) is 54.5 Å². The van der Waals surface area contributed by atoms with Crippen molar-refractivity contribution in [1.29, 1.82) is 0 Å². The maximum Gasteiger partial charge on any atom is 0.413 e. The third-order valence-electron chi connectivity index (χ3n) is 3.09. The number of pyridine rings is 1. The Balaban J connectivity index is 1.82. The number of aromatic nitrogens is 1. The highest BCUT2D eigenvalue weighted by molar-refractivity contribution is 5.70. The number of nitrogens with one attached hydrogen (secondary N) is 1. The predicted octanol–water partition coefficient (Wildman–Crippen LogP) is 2.79. The molecule has 0 bridgehead atoms. The van der Waals surface area contributed by atoms with Crippen molar-refractivity contribution < 1.29 is 9.53 Å². The molecule has 1 aromatic carbocycles. The normalized spacial score (nSPS) is 10.5. The molecule has 0 fully saturated rings. The maximum atomic E-state index is 11.6. The van der Waals surface area contributed by atoms with E-state index < -0.39 is 6.09 Å². The molecule has 0 aliphatic rings. The van der Waals surface area contributed by atoms with Crippen LogP contribution in [0.2, 0.25) is 0 Å². The third kappa shape index (κ3) is 5.18. The molecule has 2 aromatic rings. The lowest BCUT2D eigenvalue weighted by atomic mass is 10.1. The Morgan fingerprint density at radius 2 is 1.91 bits per heavy atom. The van der Waals surface area contributed by atoms with Crippen LogP contribution < -0.4 is 10.1 Å². The van der Waals surface area contributed by atoms with Gasteiger partial charge >= 0.3 is 6.09 Å². The summed E-state index contributed by atoms with van der Waals surface area (Å²) in [6.07, 6.45) is 2.10. The molecule has 1 heterocycles. The van der Waals surface area contributed by atoms with E-state index in [-0.39, 0.29) is 0 Å². The number of amides is 1. The van der Waals surface area contributed by atoms with Crippen LogP contribution in [0.1, 0.15) is 6.42 Å². The van der Waals surface area contributed by atoms with Gasteiger partial charge in [0.25, 0.3) is 0 Å². The first-order valence-electron chi connectivity index (χ1n) is 7.27. The van der Waals surface area contributed by atoms with Gasteiger partial charge in [0.1, 0.15) is 0 Å². The Bertz CT molecular complexity index is 583. The number of rotatable bonds is 6. The summed E-state index contributed by atoms with van der Waals surface area (Å²) in [5.41, 5.74) is 2.06. The molecule has 2 rings (SSSR count). The standard InChI is InChI=1S/C17H21N3O2/c1-20(2)12-6-11-18-17(21)22-16-10-9-15(13-19-16)14-7-4-3-5-8-14/h3-5,7-10,13H,6,11-12H2,1-2H3,(H,18,21). The lowest BCUT2D eigenvalue weighted by Gasteiger charge is -2.10. The Morgan fingerprint density at radius 1 is 1.14 bits per heavy atom. The Hall–Kier alpha value is -2.40. The zero-order chi connectivity index (χ0) is 15.8. The van der Waals surface area contributed by atoms with Gasteiger partial charge < -0.3 is 15.0 Å². The second-order valence-corrected chi connectivity index (χ2v) is 5.22. The zero-order valence-corrected chi connectivity index (χ0v) is 13.0. The van der Waals surface area contributed by atoms with Gasteiger partial charge in [0, 0.05) is 24.4 Å². The number of ether oxygens (including phenoxy) is 1. The van der Waals surface area contributed by atoms with Crippen molar-refractivity contribution in [3.63, 3.8) is 0 Å². The number of benzene rings is 1. The van der Waals surface area contributed by atoms with E-state index in [2.05, 4.69) is 15.2 Å². The molecule has 0 radical (unpaired) electrons.